The second-order valence-electron chi connectivity index (χ2n) is 5.49. The number of carbonyl (C=O) groups is 1. The van der Waals surface area contributed by atoms with Gasteiger partial charge in [-0.2, -0.15) is 0 Å². The SMILES string of the molecule is CC(C)C(=O)Nc1ccc(NC2CCS(=O)CC2)cc1. The lowest BCUT2D eigenvalue weighted by Crippen LogP contribution is -2.29. The largest absolute Gasteiger partial charge is 0.382 e. The zero-order valence-electron chi connectivity index (χ0n) is 12.0. The monoisotopic (exact) mass is 294 g/mol. The molecule has 2 rings (SSSR count). The molecule has 0 spiro atoms. The molecule has 5 heteroatoms. The zero-order chi connectivity index (χ0) is 14.5. The Morgan fingerprint density at radius 1 is 1.15 bits per heavy atom. The van der Waals surface area contributed by atoms with Crippen molar-refractivity contribution < 1.29 is 9.00 Å². The Balaban J connectivity index is 1.88. The van der Waals surface area contributed by atoms with Crippen LogP contribution in [0.5, 0.6) is 0 Å². The molecule has 1 aromatic carbocycles. The van der Waals surface area contributed by atoms with Crippen molar-refractivity contribution >= 4 is 28.1 Å². The van der Waals surface area contributed by atoms with Crippen molar-refractivity contribution in [2.45, 2.75) is 32.7 Å². The van der Waals surface area contributed by atoms with E-state index in [1.54, 1.807) is 0 Å². The van der Waals surface area contributed by atoms with E-state index in [4.69, 9.17) is 0 Å². The fraction of sp³-hybridized carbons (Fsp3) is 0.533. The van der Waals surface area contributed by atoms with Gasteiger partial charge in [-0.1, -0.05) is 13.8 Å². The van der Waals surface area contributed by atoms with E-state index in [2.05, 4.69) is 10.6 Å². The highest BCUT2D eigenvalue weighted by Crippen LogP contribution is 2.19. The maximum absolute atomic E-state index is 11.6. The second kappa shape index (κ2) is 6.88. The van der Waals surface area contributed by atoms with Gasteiger partial charge in [0.05, 0.1) is 0 Å². The standard InChI is InChI=1S/C15H22N2O2S/c1-11(2)15(18)17-13-5-3-12(4-6-13)16-14-7-9-20(19)10-8-14/h3-6,11,14,16H,7-10H2,1-2H3,(H,17,18). The zero-order valence-corrected chi connectivity index (χ0v) is 12.8. The second-order valence-corrected chi connectivity index (χ2v) is 7.18. The van der Waals surface area contributed by atoms with Crippen LogP contribution in [0.4, 0.5) is 11.4 Å². The van der Waals surface area contributed by atoms with Gasteiger partial charge in [-0.05, 0) is 37.1 Å². The van der Waals surface area contributed by atoms with Crippen LogP contribution in [0.1, 0.15) is 26.7 Å². The number of anilines is 2. The Kier molecular flexibility index (Phi) is 5.17. The number of hydrogen-bond acceptors (Lipinski definition) is 3. The van der Waals surface area contributed by atoms with Gasteiger partial charge in [-0.15, -0.1) is 0 Å². The van der Waals surface area contributed by atoms with E-state index >= 15 is 0 Å². The normalized spacial score (nSPS) is 22.6. The van der Waals surface area contributed by atoms with E-state index < -0.39 is 10.8 Å². The van der Waals surface area contributed by atoms with Crippen LogP contribution in [0.3, 0.4) is 0 Å². The number of rotatable bonds is 4. The molecule has 0 saturated carbocycles. The van der Waals surface area contributed by atoms with Crippen LogP contribution in [0, 0.1) is 5.92 Å². The number of benzene rings is 1. The summed E-state index contributed by atoms with van der Waals surface area (Å²) >= 11 is 0. The first-order valence-electron chi connectivity index (χ1n) is 7.07. The summed E-state index contributed by atoms with van der Waals surface area (Å²) in [6.07, 6.45) is 1.91. The lowest BCUT2D eigenvalue weighted by molar-refractivity contribution is -0.118. The lowest BCUT2D eigenvalue weighted by atomic mass is 10.1. The van der Waals surface area contributed by atoms with Gasteiger partial charge in [0, 0.05) is 45.6 Å². The van der Waals surface area contributed by atoms with Crippen molar-refractivity contribution in [3.8, 4) is 0 Å². The van der Waals surface area contributed by atoms with Crippen LogP contribution in [0.15, 0.2) is 24.3 Å². The highest BCUT2D eigenvalue weighted by atomic mass is 32.2. The highest BCUT2D eigenvalue weighted by molar-refractivity contribution is 7.85. The van der Waals surface area contributed by atoms with E-state index in [0.717, 1.165) is 35.7 Å². The third-order valence-electron chi connectivity index (χ3n) is 3.44. The Labute approximate surface area is 122 Å². The van der Waals surface area contributed by atoms with Gasteiger partial charge in [0.1, 0.15) is 0 Å². The van der Waals surface area contributed by atoms with Gasteiger partial charge in [-0.3, -0.25) is 9.00 Å². The van der Waals surface area contributed by atoms with Gasteiger partial charge in [0.2, 0.25) is 5.91 Å². The predicted molar refractivity (Wildman–Crippen MR) is 84.4 cm³/mol. The summed E-state index contributed by atoms with van der Waals surface area (Å²) < 4.78 is 11.3. The van der Waals surface area contributed by atoms with E-state index in [9.17, 15) is 9.00 Å². The molecule has 20 heavy (non-hydrogen) atoms. The molecule has 4 nitrogen and oxygen atoms in total. The topological polar surface area (TPSA) is 58.2 Å². The molecule has 1 aromatic rings. The molecule has 1 aliphatic rings. The summed E-state index contributed by atoms with van der Waals surface area (Å²) in [7, 11) is -0.621. The minimum absolute atomic E-state index is 0.0177. The van der Waals surface area contributed by atoms with E-state index in [1.807, 2.05) is 38.1 Å². The molecule has 1 saturated heterocycles. The Morgan fingerprint density at radius 2 is 1.70 bits per heavy atom. The van der Waals surface area contributed by atoms with Gasteiger partial charge in [-0.25, -0.2) is 0 Å². The van der Waals surface area contributed by atoms with Crippen molar-refractivity contribution in [2.24, 2.45) is 5.92 Å². The quantitative estimate of drug-likeness (QED) is 0.897. The fourth-order valence-electron chi connectivity index (χ4n) is 2.11. The van der Waals surface area contributed by atoms with E-state index in [1.165, 1.54) is 0 Å². The van der Waals surface area contributed by atoms with Gasteiger partial charge in [0.15, 0.2) is 0 Å². The average molecular weight is 294 g/mol. The minimum atomic E-state index is -0.621. The van der Waals surface area contributed by atoms with Crippen molar-refractivity contribution in [2.75, 3.05) is 22.1 Å². The first-order valence-corrected chi connectivity index (χ1v) is 8.56. The van der Waals surface area contributed by atoms with Crippen molar-refractivity contribution in [3.63, 3.8) is 0 Å². The lowest BCUT2D eigenvalue weighted by Gasteiger charge is -2.23. The molecule has 1 heterocycles. The van der Waals surface area contributed by atoms with E-state index in [0.29, 0.717) is 6.04 Å². The predicted octanol–water partition coefficient (Wildman–Crippen LogP) is 2.60. The summed E-state index contributed by atoms with van der Waals surface area (Å²) in [5.41, 5.74) is 1.87. The van der Waals surface area contributed by atoms with Crippen molar-refractivity contribution in [3.05, 3.63) is 24.3 Å². The minimum Gasteiger partial charge on any atom is -0.382 e. The molecule has 0 aromatic heterocycles. The van der Waals surface area contributed by atoms with Crippen molar-refractivity contribution in [1.29, 1.82) is 0 Å². The maximum atomic E-state index is 11.6. The highest BCUT2D eigenvalue weighted by Gasteiger charge is 2.17. The summed E-state index contributed by atoms with van der Waals surface area (Å²) in [6.45, 7) is 3.75. The maximum Gasteiger partial charge on any atom is 0.226 e. The van der Waals surface area contributed by atoms with Crippen molar-refractivity contribution in [1.82, 2.24) is 0 Å². The summed E-state index contributed by atoms with van der Waals surface area (Å²) in [5, 5.41) is 6.33. The third kappa shape index (κ3) is 4.34. The Bertz CT molecular complexity index is 475. The summed E-state index contributed by atoms with van der Waals surface area (Å²) in [6, 6.07) is 8.17. The molecule has 0 aliphatic carbocycles. The number of hydrogen-bond donors (Lipinski definition) is 2. The molecular weight excluding hydrogens is 272 g/mol. The molecule has 0 bridgehead atoms. The number of nitrogens with one attached hydrogen (secondary N) is 2. The summed E-state index contributed by atoms with van der Waals surface area (Å²) in [4.78, 5) is 11.6. The number of amides is 1. The van der Waals surface area contributed by atoms with Crippen LogP contribution >= 0.6 is 0 Å². The van der Waals surface area contributed by atoms with Crippen LogP contribution in [0.25, 0.3) is 0 Å². The first-order chi connectivity index (χ1) is 9.54. The van der Waals surface area contributed by atoms with Gasteiger partial charge < -0.3 is 10.6 Å². The molecule has 1 fully saturated rings. The first kappa shape index (κ1) is 15.0. The molecule has 0 radical (unpaired) electrons. The Morgan fingerprint density at radius 3 is 2.25 bits per heavy atom. The van der Waals surface area contributed by atoms with E-state index in [-0.39, 0.29) is 11.8 Å². The fourth-order valence-corrected chi connectivity index (χ4v) is 3.41. The Hall–Kier alpha value is -1.36. The molecule has 1 aliphatic heterocycles. The van der Waals surface area contributed by atoms with Crippen LogP contribution < -0.4 is 10.6 Å². The van der Waals surface area contributed by atoms with Crippen LogP contribution in [-0.4, -0.2) is 27.7 Å². The molecular formula is C15H22N2O2S. The third-order valence-corrected chi connectivity index (χ3v) is 4.82. The smallest absolute Gasteiger partial charge is 0.226 e. The molecule has 0 atom stereocenters. The molecule has 1 amide bonds. The summed E-state index contributed by atoms with van der Waals surface area (Å²) in [5.74, 6) is 1.59. The van der Waals surface area contributed by atoms with Gasteiger partial charge in [0.25, 0.3) is 0 Å². The van der Waals surface area contributed by atoms with Crippen LogP contribution in [0.2, 0.25) is 0 Å². The number of carbonyl (C=O) groups excluding carboxylic acids is 1. The molecule has 0 unspecified atom stereocenters. The van der Waals surface area contributed by atoms with Crippen LogP contribution in [-0.2, 0) is 15.6 Å². The average Bonchev–Trinajstić information content (AvgIpc) is 2.43. The van der Waals surface area contributed by atoms with Gasteiger partial charge >= 0.3 is 0 Å². The molecule has 2 N–H and O–H groups in total. The molecule has 110 valence electrons.